The van der Waals surface area contributed by atoms with Gasteiger partial charge in [0.25, 0.3) is 0 Å². The molecule has 0 amide bonds. The van der Waals surface area contributed by atoms with Crippen molar-refractivity contribution in [1.29, 1.82) is 0 Å². The number of hydrogen-bond donors (Lipinski definition) is 2. The molecule has 0 aromatic carbocycles. The Labute approximate surface area is 93.2 Å². The Hall–Kier alpha value is -0.680. The number of carbonyl (C=O) groups is 1. The summed E-state index contributed by atoms with van der Waals surface area (Å²) in [5, 5.41) is 11.8. The minimum Gasteiger partial charge on any atom is -0.478 e. The van der Waals surface area contributed by atoms with Crippen molar-refractivity contribution in [3.8, 4) is 0 Å². The van der Waals surface area contributed by atoms with E-state index in [1.54, 1.807) is 19.3 Å². The smallest absolute Gasteiger partial charge is 0.330 e. The summed E-state index contributed by atoms with van der Waals surface area (Å²) in [7, 11) is -0.781. The van der Waals surface area contributed by atoms with Crippen molar-refractivity contribution in [3.05, 3.63) is 11.6 Å². The van der Waals surface area contributed by atoms with Crippen LogP contribution in [-0.2, 0) is 15.6 Å². The van der Waals surface area contributed by atoms with Crippen LogP contribution >= 0.6 is 0 Å². The van der Waals surface area contributed by atoms with E-state index in [4.69, 9.17) is 5.11 Å². The summed E-state index contributed by atoms with van der Waals surface area (Å²) in [4.78, 5) is 10.4. The van der Waals surface area contributed by atoms with Gasteiger partial charge in [0.05, 0.1) is 0 Å². The van der Waals surface area contributed by atoms with E-state index in [1.807, 2.05) is 6.92 Å². The molecule has 0 aromatic heterocycles. The van der Waals surface area contributed by atoms with E-state index in [-0.39, 0.29) is 5.25 Å². The molecular formula is C10H19NO3S. The summed E-state index contributed by atoms with van der Waals surface area (Å²) in [6, 6.07) is 0. The lowest BCUT2D eigenvalue weighted by atomic mass is 10.3. The largest absolute Gasteiger partial charge is 0.478 e. The SMILES string of the molecule is C/C(=C/CNCCC(C)S(C)=O)C(=O)O. The zero-order valence-corrected chi connectivity index (χ0v) is 10.3. The monoisotopic (exact) mass is 233 g/mol. The quantitative estimate of drug-likeness (QED) is 0.503. The fraction of sp³-hybridized carbons (Fsp3) is 0.700. The van der Waals surface area contributed by atoms with Gasteiger partial charge in [0.15, 0.2) is 0 Å². The zero-order chi connectivity index (χ0) is 11.8. The summed E-state index contributed by atoms with van der Waals surface area (Å²) in [5.41, 5.74) is 0.342. The van der Waals surface area contributed by atoms with E-state index in [1.165, 1.54) is 0 Å². The molecular weight excluding hydrogens is 214 g/mol. The zero-order valence-electron chi connectivity index (χ0n) is 9.45. The summed E-state index contributed by atoms with van der Waals surface area (Å²) < 4.78 is 11.0. The number of rotatable bonds is 7. The lowest BCUT2D eigenvalue weighted by Crippen LogP contribution is -2.21. The van der Waals surface area contributed by atoms with Gasteiger partial charge in [-0.3, -0.25) is 4.21 Å². The number of nitrogens with one attached hydrogen (secondary N) is 1. The maximum Gasteiger partial charge on any atom is 0.330 e. The highest BCUT2D eigenvalue weighted by atomic mass is 32.2. The molecule has 0 aromatic rings. The predicted octanol–water partition coefficient (Wildman–Crippen LogP) is 0.764. The second kappa shape index (κ2) is 7.59. The number of aliphatic carboxylic acids is 1. The molecule has 15 heavy (non-hydrogen) atoms. The molecule has 0 heterocycles. The first-order valence-corrected chi connectivity index (χ1v) is 6.50. The summed E-state index contributed by atoms with van der Waals surface area (Å²) in [6.45, 7) is 4.80. The van der Waals surface area contributed by atoms with Crippen LogP contribution < -0.4 is 5.32 Å². The van der Waals surface area contributed by atoms with Crippen molar-refractivity contribution in [2.24, 2.45) is 0 Å². The Bertz CT molecular complexity index is 263. The lowest BCUT2D eigenvalue weighted by Gasteiger charge is -2.07. The second-order valence-electron chi connectivity index (χ2n) is 3.49. The molecule has 0 rings (SSSR count). The maximum absolute atomic E-state index is 11.0. The highest BCUT2D eigenvalue weighted by molar-refractivity contribution is 7.84. The first-order valence-electron chi connectivity index (χ1n) is 4.88. The third-order valence-corrected chi connectivity index (χ3v) is 3.55. The van der Waals surface area contributed by atoms with Gasteiger partial charge < -0.3 is 10.4 Å². The van der Waals surface area contributed by atoms with E-state index in [9.17, 15) is 9.00 Å². The predicted molar refractivity (Wildman–Crippen MR) is 62.4 cm³/mol. The fourth-order valence-corrected chi connectivity index (χ4v) is 1.34. The van der Waals surface area contributed by atoms with E-state index in [0.29, 0.717) is 12.1 Å². The summed E-state index contributed by atoms with van der Waals surface area (Å²) in [6.07, 6.45) is 4.16. The molecule has 4 nitrogen and oxygen atoms in total. The average molecular weight is 233 g/mol. The van der Waals surface area contributed by atoms with Crippen molar-refractivity contribution in [2.45, 2.75) is 25.5 Å². The maximum atomic E-state index is 11.0. The van der Waals surface area contributed by atoms with Crippen LogP contribution in [0.25, 0.3) is 0 Å². The molecule has 0 saturated heterocycles. The van der Waals surface area contributed by atoms with E-state index < -0.39 is 16.8 Å². The molecule has 0 fully saturated rings. The molecule has 0 spiro atoms. The molecule has 88 valence electrons. The van der Waals surface area contributed by atoms with Gasteiger partial charge in [-0.15, -0.1) is 0 Å². The van der Waals surface area contributed by atoms with Crippen molar-refractivity contribution in [2.75, 3.05) is 19.3 Å². The Kier molecular flexibility index (Phi) is 7.25. The van der Waals surface area contributed by atoms with Crippen LogP contribution in [0.1, 0.15) is 20.3 Å². The molecule has 2 N–H and O–H groups in total. The minimum atomic E-state index is -0.889. The highest BCUT2D eigenvalue weighted by Crippen LogP contribution is 1.97. The van der Waals surface area contributed by atoms with E-state index in [2.05, 4.69) is 5.32 Å². The van der Waals surface area contributed by atoms with Crippen LogP contribution in [0.5, 0.6) is 0 Å². The average Bonchev–Trinajstić information content (AvgIpc) is 2.16. The van der Waals surface area contributed by atoms with E-state index in [0.717, 1.165) is 13.0 Å². The fourth-order valence-electron chi connectivity index (χ4n) is 0.886. The Morgan fingerprint density at radius 3 is 2.67 bits per heavy atom. The van der Waals surface area contributed by atoms with Crippen molar-refractivity contribution < 1.29 is 14.1 Å². The van der Waals surface area contributed by atoms with Crippen LogP contribution in [0.2, 0.25) is 0 Å². The Morgan fingerprint density at radius 2 is 2.20 bits per heavy atom. The van der Waals surface area contributed by atoms with Gasteiger partial charge in [-0.25, -0.2) is 4.79 Å². The van der Waals surface area contributed by atoms with Crippen molar-refractivity contribution in [1.82, 2.24) is 5.32 Å². The second-order valence-corrected chi connectivity index (χ2v) is 5.30. The third-order valence-electron chi connectivity index (χ3n) is 2.18. The molecule has 0 bridgehead atoms. The van der Waals surface area contributed by atoms with Crippen LogP contribution in [-0.4, -0.2) is 39.9 Å². The van der Waals surface area contributed by atoms with Gasteiger partial charge in [0.2, 0.25) is 0 Å². The molecule has 2 unspecified atom stereocenters. The van der Waals surface area contributed by atoms with Crippen LogP contribution in [0.3, 0.4) is 0 Å². The Morgan fingerprint density at radius 1 is 1.60 bits per heavy atom. The van der Waals surface area contributed by atoms with Gasteiger partial charge in [0.1, 0.15) is 0 Å². The normalized spacial score (nSPS) is 16.1. The summed E-state index contributed by atoms with van der Waals surface area (Å²) >= 11 is 0. The highest BCUT2D eigenvalue weighted by Gasteiger charge is 2.04. The van der Waals surface area contributed by atoms with Gasteiger partial charge in [0, 0.05) is 34.4 Å². The van der Waals surface area contributed by atoms with Gasteiger partial charge in [-0.05, 0) is 19.9 Å². The standard InChI is InChI=1S/C10H19NO3S/c1-8(10(12)13)4-6-11-7-5-9(2)15(3)14/h4,9,11H,5-7H2,1-3H3,(H,12,13)/b8-4-. The number of carboxylic acid groups (broad SMARTS) is 1. The van der Waals surface area contributed by atoms with Crippen molar-refractivity contribution in [3.63, 3.8) is 0 Å². The van der Waals surface area contributed by atoms with Gasteiger partial charge in [-0.1, -0.05) is 13.0 Å². The minimum absolute atomic E-state index is 0.182. The topological polar surface area (TPSA) is 66.4 Å². The Balaban J connectivity index is 3.60. The number of hydrogen-bond acceptors (Lipinski definition) is 3. The van der Waals surface area contributed by atoms with Crippen LogP contribution in [0.4, 0.5) is 0 Å². The molecule has 0 aliphatic rings. The van der Waals surface area contributed by atoms with Gasteiger partial charge >= 0.3 is 5.97 Å². The van der Waals surface area contributed by atoms with E-state index >= 15 is 0 Å². The van der Waals surface area contributed by atoms with Crippen molar-refractivity contribution >= 4 is 16.8 Å². The first-order chi connectivity index (χ1) is 6.95. The molecule has 0 saturated carbocycles. The molecule has 2 atom stereocenters. The molecule has 0 aliphatic carbocycles. The molecule has 0 radical (unpaired) electrons. The van der Waals surface area contributed by atoms with Crippen LogP contribution in [0.15, 0.2) is 11.6 Å². The first kappa shape index (κ1) is 14.3. The molecule has 5 heteroatoms. The molecule has 0 aliphatic heterocycles. The summed E-state index contributed by atoms with van der Waals surface area (Å²) in [5.74, 6) is -0.889. The van der Waals surface area contributed by atoms with Gasteiger partial charge in [-0.2, -0.15) is 0 Å². The third kappa shape index (κ3) is 7.27. The van der Waals surface area contributed by atoms with Crippen LogP contribution in [0, 0.1) is 0 Å². The number of carboxylic acids is 1. The lowest BCUT2D eigenvalue weighted by molar-refractivity contribution is -0.132.